The quantitative estimate of drug-likeness (QED) is 0.370. The summed E-state index contributed by atoms with van der Waals surface area (Å²) in [4.78, 5) is 23.4. The van der Waals surface area contributed by atoms with Gasteiger partial charge in [-0.15, -0.1) is 0 Å². The number of rotatable bonds is 6. The maximum Gasteiger partial charge on any atom is 0.312 e. The van der Waals surface area contributed by atoms with Crippen molar-refractivity contribution in [3.8, 4) is 0 Å². The van der Waals surface area contributed by atoms with E-state index >= 15 is 0 Å². The van der Waals surface area contributed by atoms with E-state index in [0.717, 1.165) is 5.56 Å². The Hall–Kier alpha value is -2.43. The van der Waals surface area contributed by atoms with Crippen LogP contribution in [0.5, 0.6) is 0 Å². The fourth-order valence-electron chi connectivity index (χ4n) is 3.01. The Morgan fingerprint density at radius 2 is 2.03 bits per heavy atom. The Balaban J connectivity index is 1.77. The highest BCUT2D eigenvalue weighted by Crippen LogP contribution is 2.27. The molecule has 30 heavy (non-hydrogen) atoms. The van der Waals surface area contributed by atoms with Crippen LogP contribution >= 0.6 is 39.1 Å². The smallest absolute Gasteiger partial charge is 0.306 e. The van der Waals surface area contributed by atoms with Crippen LogP contribution in [0.15, 0.2) is 28.9 Å². The monoisotopic (exact) mass is 514 g/mol. The van der Waals surface area contributed by atoms with E-state index in [1.54, 1.807) is 42.9 Å². The topological polar surface area (TPSA) is 108 Å². The van der Waals surface area contributed by atoms with E-state index in [-0.39, 0.29) is 11.4 Å². The number of amides is 1. The lowest BCUT2D eigenvalue weighted by molar-refractivity contribution is -0.386. The van der Waals surface area contributed by atoms with Crippen LogP contribution in [-0.4, -0.2) is 30.4 Å². The minimum absolute atomic E-state index is 0.0973. The molecule has 0 aliphatic rings. The number of hydrogen-bond acceptors (Lipinski definition) is 5. The van der Waals surface area contributed by atoms with Crippen molar-refractivity contribution in [1.82, 2.24) is 19.6 Å². The number of anilines is 1. The number of aryl methyl sites for hydroxylation is 1. The van der Waals surface area contributed by atoms with E-state index in [1.807, 2.05) is 0 Å². The molecule has 0 saturated carbocycles. The third-order valence-electron chi connectivity index (χ3n) is 4.52. The number of nitro groups is 1. The Morgan fingerprint density at radius 1 is 1.33 bits per heavy atom. The molecule has 0 fully saturated rings. The fourth-order valence-corrected chi connectivity index (χ4v) is 3.90. The van der Waals surface area contributed by atoms with Gasteiger partial charge in [-0.3, -0.25) is 24.3 Å². The zero-order valence-electron chi connectivity index (χ0n) is 16.2. The lowest BCUT2D eigenvalue weighted by Gasteiger charge is -2.13. The summed E-state index contributed by atoms with van der Waals surface area (Å²) >= 11 is 15.5. The molecule has 0 saturated heterocycles. The van der Waals surface area contributed by atoms with Gasteiger partial charge < -0.3 is 5.32 Å². The Labute approximate surface area is 190 Å². The van der Waals surface area contributed by atoms with Gasteiger partial charge in [-0.1, -0.05) is 29.3 Å². The molecule has 1 N–H and O–H groups in total. The molecule has 1 amide bonds. The number of aromatic nitrogens is 4. The molecule has 2 heterocycles. The van der Waals surface area contributed by atoms with E-state index in [0.29, 0.717) is 32.6 Å². The van der Waals surface area contributed by atoms with Crippen LogP contribution < -0.4 is 5.32 Å². The number of halogens is 3. The molecular weight excluding hydrogens is 499 g/mol. The molecular formula is C18H17BrCl2N6O3. The van der Waals surface area contributed by atoms with Crippen molar-refractivity contribution in [2.75, 3.05) is 5.32 Å². The van der Waals surface area contributed by atoms with E-state index in [2.05, 4.69) is 31.4 Å². The van der Waals surface area contributed by atoms with Gasteiger partial charge >= 0.3 is 5.69 Å². The molecule has 0 aliphatic carbocycles. The van der Waals surface area contributed by atoms with Crippen molar-refractivity contribution in [2.24, 2.45) is 0 Å². The summed E-state index contributed by atoms with van der Waals surface area (Å²) in [5, 5.41) is 23.5. The number of nitrogens with zero attached hydrogens (tertiary/aromatic N) is 5. The Kier molecular flexibility index (Phi) is 6.49. The highest BCUT2D eigenvalue weighted by Gasteiger charge is 2.27. The summed E-state index contributed by atoms with van der Waals surface area (Å²) in [5.74, 6) is -0.0982. The van der Waals surface area contributed by atoms with Crippen molar-refractivity contribution in [3.63, 3.8) is 0 Å². The van der Waals surface area contributed by atoms with E-state index in [4.69, 9.17) is 23.2 Å². The van der Waals surface area contributed by atoms with Crippen molar-refractivity contribution >= 4 is 56.5 Å². The molecule has 3 aromatic rings. The van der Waals surface area contributed by atoms with Gasteiger partial charge in [0.15, 0.2) is 5.82 Å². The molecule has 0 radical (unpaired) electrons. The van der Waals surface area contributed by atoms with Crippen LogP contribution in [-0.2, 0) is 11.3 Å². The highest BCUT2D eigenvalue weighted by atomic mass is 79.9. The first-order valence-electron chi connectivity index (χ1n) is 8.76. The van der Waals surface area contributed by atoms with Gasteiger partial charge in [-0.05, 0) is 54.4 Å². The van der Waals surface area contributed by atoms with Gasteiger partial charge in [0.05, 0.1) is 15.9 Å². The molecule has 158 valence electrons. The predicted molar refractivity (Wildman–Crippen MR) is 117 cm³/mol. The molecule has 1 atom stereocenters. The first-order valence-corrected chi connectivity index (χ1v) is 10.3. The van der Waals surface area contributed by atoms with Crippen LogP contribution in [0.3, 0.4) is 0 Å². The number of carbonyl (C=O) groups excluding carboxylic acids is 1. The zero-order chi connectivity index (χ0) is 22.2. The van der Waals surface area contributed by atoms with E-state index < -0.39 is 16.9 Å². The first-order chi connectivity index (χ1) is 14.1. The minimum Gasteiger partial charge on any atom is -0.306 e. The first kappa shape index (κ1) is 22.3. The lowest BCUT2D eigenvalue weighted by atomic mass is 10.2. The maximum absolute atomic E-state index is 12.7. The van der Waals surface area contributed by atoms with E-state index in [9.17, 15) is 14.9 Å². The lowest BCUT2D eigenvalue weighted by Crippen LogP contribution is -2.25. The van der Waals surface area contributed by atoms with Gasteiger partial charge in [0.25, 0.3) is 0 Å². The summed E-state index contributed by atoms with van der Waals surface area (Å²) in [6.07, 6.45) is 1.71. The summed E-state index contributed by atoms with van der Waals surface area (Å²) in [6.45, 7) is 5.08. The van der Waals surface area contributed by atoms with Crippen LogP contribution in [0.25, 0.3) is 0 Å². The Bertz CT molecular complexity index is 1140. The second kappa shape index (κ2) is 8.75. The van der Waals surface area contributed by atoms with E-state index in [1.165, 1.54) is 11.6 Å². The fraction of sp³-hybridized carbons (Fsp3) is 0.278. The van der Waals surface area contributed by atoms with Gasteiger partial charge in [0, 0.05) is 16.2 Å². The normalized spacial score (nSPS) is 12.1. The average Bonchev–Trinajstić information content (AvgIpc) is 3.15. The van der Waals surface area contributed by atoms with Gasteiger partial charge in [-0.2, -0.15) is 10.2 Å². The second-order valence-electron chi connectivity index (χ2n) is 6.65. The number of hydrogen-bond donors (Lipinski definition) is 1. The minimum atomic E-state index is -0.778. The molecule has 12 heteroatoms. The van der Waals surface area contributed by atoms with Gasteiger partial charge in [0.2, 0.25) is 5.91 Å². The second-order valence-corrected chi connectivity index (χ2v) is 8.34. The Morgan fingerprint density at radius 3 is 2.63 bits per heavy atom. The molecule has 3 rings (SSSR count). The number of benzene rings is 1. The molecule has 0 spiro atoms. The largest absolute Gasteiger partial charge is 0.312 e. The maximum atomic E-state index is 12.7. The van der Waals surface area contributed by atoms with Crippen molar-refractivity contribution in [3.05, 3.63) is 66.0 Å². The third-order valence-corrected chi connectivity index (χ3v) is 5.69. The molecule has 0 bridgehead atoms. The SMILES string of the molecule is Cc1nn(C(C)C(=O)Nc2nn(Cc3ccc(Cl)cc3Cl)cc2Br)c(C)c1[N+](=O)[O-]. The molecule has 1 aromatic carbocycles. The van der Waals surface area contributed by atoms with Gasteiger partial charge in [-0.25, -0.2) is 0 Å². The molecule has 1 unspecified atom stereocenters. The number of carbonyl (C=O) groups is 1. The van der Waals surface area contributed by atoms with Gasteiger partial charge in [0.1, 0.15) is 17.4 Å². The average molecular weight is 516 g/mol. The van der Waals surface area contributed by atoms with Crippen molar-refractivity contribution in [2.45, 2.75) is 33.4 Å². The summed E-state index contributed by atoms with van der Waals surface area (Å²) in [5.41, 5.74) is 1.28. The standard InChI is InChI=1S/C18H17BrCl2N6O3/c1-9-16(27(29)30)10(2)26(23-9)11(3)18(28)22-17-14(19)8-25(24-17)7-12-4-5-13(20)6-15(12)21/h4-6,8,11H,7H2,1-3H3,(H,22,24,28). The third kappa shape index (κ3) is 4.50. The highest BCUT2D eigenvalue weighted by molar-refractivity contribution is 9.10. The molecule has 9 nitrogen and oxygen atoms in total. The molecule has 0 aliphatic heterocycles. The van der Waals surface area contributed by atoms with Crippen molar-refractivity contribution in [1.29, 1.82) is 0 Å². The summed E-state index contributed by atoms with van der Waals surface area (Å²) in [7, 11) is 0. The van der Waals surface area contributed by atoms with Crippen molar-refractivity contribution < 1.29 is 9.72 Å². The van der Waals surface area contributed by atoms with Crippen LogP contribution in [0.4, 0.5) is 11.5 Å². The zero-order valence-corrected chi connectivity index (χ0v) is 19.3. The number of nitrogens with one attached hydrogen (secondary N) is 1. The summed E-state index contributed by atoms with van der Waals surface area (Å²) in [6, 6.07) is 4.41. The van der Waals surface area contributed by atoms with Crippen LogP contribution in [0, 0.1) is 24.0 Å². The summed E-state index contributed by atoms with van der Waals surface area (Å²) < 4.78 is 3.53. The molecule has 2 aromatic heterocycles. The van der Waals surface area contributed by atoms with Crippen LogP contribution in [0.2, 0.25) is 10.0 Å². The predicted octanol–water partition coefficient (Wildman–Crippen LogP) is 4.92. The van der Waals surface area contributed by atoms with Crippen LogP contribution in [0.1, 0.15) is 29.9 Å².